The molecule has 0 bridgehead atoms. The first-order valence-electron chi connectivity index (χ1n) is 3.23. The van der Waals surface area contributed by atoms with Crippen molar-refractivity contribution in [2.24, 2.45) is 0 Å². The monoisotopic (exact) mass is 165 g/mol. The third-order valence-corrected chi connectivity index (χ3v) is 3.66. The van der Waals surface area contributed by atoms with E-state index in [4.69, 9.17) is 11.8 Å². The van der Waals surface area contributed by atoms with Gasteiger partial charge < -0.3 is 0 Å². The van der Waals surface area contributed by atoms with Crippen molar-refractivity contribution in [3.8, 4) is 0 Å². The molecule has 0 aromatic rings. The Labute approximate surface area is 65.9 Å². The maximum Gasteiger partial charge on any atom is 0.0317 e. The van der Waals surface area contributed by atoms with E-state index in [1.54, 1.807) is 0 Å². The number of nitrogens with zero attached hydrogens (tertiary/aromatic N) is 1. The smallest absolute Gasteiger partial charge is 0.0317 e. The van der Waals surface area contributed by atoms with E-state index in [2.05, 4.69) is 13.8 Å². The van der Waals surface area contributed by atoms with Gasteiger partial charge in [0.15, 0.2) is 0 Å². The normalized spacial score (nSPS) is 39.0. The summed E-state index contributed by atoms with van der Waals surface area (Å²) < 4.78 is 1.93. The lowest BCUT2D eigenvalue weighted by Crippen LogP contribution is -2.39. The minimum absolute atomic E-state index is 0.542. The van der Waals surface area contributed by atoms with Crippen LogP contribution >= 0.6 is 23.5 Å². The van der Waals surface area contributed by atoms with E-state index in [1.807, 2.05) is 16.2 Å². The predicted octanol–water partition coefficient (Wildman–Crippen LogP) is 1.97. The molecular weight excluding hydrogens is 154 g/mol. The van der Waals surface area contributed by atoms with E-state index in [0.717, 1.165) is 0 Å². The summed E-state index contributed by atoms with van der Waals surface area (Å²) in [5, 5.41) is 0. The van der Waals surface area contributed by atoms with Crippen molar-refractivity contribution in [1.82, 2.24) is 4.42 Å². The molecule has 0 aliphatic carbocycles. The van der Waals surface area contributed by atoms with Gasteiger partial charge in [0.2, 0.25) is 0 Å². The molecule has 1 aliphatic heterocycles. The van der Waals surface area contributed by atoms with E-state index in [0.29, 0.717) is 12.1 Å². The molecule has 1 aliphatic rings. The Bertz CT molecular complexity index is 89.1. The quantitative estimate of drug-likeness (QED) is 0.505. The maximum atomic E-state index is 5.94. The van der Waals surface area contributed by atoms with Gasteiger partial charge in [-0.1, -0.05) is 0 Å². The predicted molar refractivity (Wildman–Crippen MR) is 43.9 cm³/mol. The minimum Gasteiger partial charge on any atom is -0.213 e. The average molecular weight is 166 g/mol. The first-order chi connectivity index (χ1) is 4.22. The minimum atomic E-state index is 0.542. The highest BCUT2D eigenvalue weighted by atomic mass is 35.5. The van der Waals surface area contributed by atoms with E-state index >= 15 is 0 Å². The second-order valence-corrected chi connectivity index (χ2v) is 4.05. The molecule has 0 radical (unpaired) electrons. The molecule has 2 atom stereocenters. The molecule has 1 rings (SSSR count). The van der Waals surface area contributed by atoms with Crippen LogP contribution in [-0.2, 0) is 0 Å². The molecule has 3 heteroatoms. The number of thioether (sulfide) groups is 1. The zero-order valence-corrected chi connectivity index (χ0v) is 7.37. The van der Waals surface area contributed by atoms with Crippen LogP contribution in [0, 0.1) is 0 Å². The molecule has 0 aromatic heterocycles. The third kappa shape index (κ3) is 1.76. The Morgan fingerprint density at radius 1 is 1.33 bits per heavy atom. The number of rotatable bonds is 0. The molecule has 1 fully saturated rings. The van der Waals surface area contributed by atoms with Crippen LogP contribution < -0.4 is 0 Å². The molecule has 0 saturated carbocycles. The van der Waals surface area contributed by atoms with Gasteiger partial charge in [0.1, 0.15) is 0 Å². The molecule has 0 aromatic carbocycles. The SMILES string of the molecule is C[C@@H]1CSC[C@@H](C)N1Cl. The lowest BCUT2D eigenvalue weighted by Gasteiger charge is -2.32. The van der Waals surface area contributed by atoms with Crippen LogP contribution in [0.2, 0.25) is 0 Å². The Morgan fingerprint density at radius 2 is 1.78 bits per heavy atom. The van der Waals surface area contributed by atoms with Gasteiger partial charge in [-0.05, 0) is 25.6 Å². The Morgan fingerprint density at radius 3 is 2.11 bits per heavy atom. The summed E-state index contributed by atoms with van der Waals surface area (Å²) in [5.74, 6) is 2.35. The topological polar surface area (TPSA) is 3.24 Å². The van der Waals surface area contributed by atoms with E-state index in [1.165, 1.54) is 11.5 Å². The highest BCUT2D eigenvalue weighted by Crippen LogP contribution is 2.22. The summed E-state index contributed by atoms with van der Waals surface area (Å²) in [7, 11) is 0. The Hall–Kier alpha value is 0.600. The van der Waals surface area contributed by atoms with Crippen molar-refractivity contribution >= 4 is 23.5 Å². The van der Waals surface area contributed by atoms with Gasteiger partial charge in [0.25, 0.3) is 0 Å². The fourth-order valence-electron chi connectivity index (χ4n) is 0.986. The summed E-state index contributed by atoms with van der Waals surface area (Å²) >= 11 is 7.93. The second-order valence-electron chi connectivity index (χ2n) is 2.58. The zero-order chi connectivity index (χ0) is 6.85. The fourth-order valence-corrected chi connectivity index (χ4v) is 2.43. The summed E-state index contributed by atoms with van der Waals surface area (Å²) in [4.78, 5) is 0. The van der Waals surface area contributed by atoms with Crippen LogP contribution in [-0.4, -0.2) is 28.0 Å². The number of hydrogen-bond donors (Lipinski definition) is 0. The Balaban J connectivity index is 2.41. The molecule has 9 heavy (non-hydrogen) atoms. The molecule has 54 valence electrons. The summed E-state index contributed by atoms with van der Waals surface area (Å²) in [6.45, 7) is 4.32. The first-order valence-corrected chi connectivity index (χ1v) is 4.73. The van der Waals surface area contributed by atoms with Crippen molar-refractivity contribution < 1.29 is 0 Å². The van der Waals surface area contributed by atoms with Gasteiger partial charge in [0.05, 0.1) is 0 Å². The van der Waals surface area contributed by atoms with Crippen LogP contribution in [0.3, 0.4) is 0 Å². The molecule has 1 heterocycles. The van der Waals surface area contributed by atoms with Crippen LogP contribution in [0.25, 0.3) is 0 Å². The summed E-state index contributed by atoms with van der Waals surface area (Å²) in [6, 6.07) is 1.08. The zero-order valence-electron chi connectivity index (χ0n) is 5.80. The first kappa shape index (κ1) is 7.70. The van der Waals surface area contributed by atoms with Gasteiger partial charge in [-0.25, -0.2) is 4.42 Å². The molecule has 0 unspecified atom stereocenters. The largest absolute Gasteiger partial charge is 0.213 e. The summed E-state index contributed by atoms with van der Waals surface area (Å²) in [5.41, 5.74) is 0. The standard InChI is InChI=1S/C6H12ClNS/c1-5-3-9-4-6(2)8(5)7/h5-6H,3-4H2,1-2H3/t5-,6-/m1/s1. The molecule has 0 spiro atoms. The highest BCUT2D eigenvalue weighted by molar-refractivity contribution is 7.99. The number of hydrogen-bond acceptors (Lipinski definition) is 2. The van der Waals surface area contributed by atoms with Crippen molar-refractivity contribution in [3.63, 3.8) is 0 Å². The van der Waals surface area contributed by atoms with Crippen molar-refractivity contribution in [3.05, 3.63) is 0 Å². The van der Waals surface area contributed by atoms with Gasteiger partial charge in [-0.3, -0.25) is 0 Å². The van der Waals surface area contributed by atoms with Crippen molar-refractivity contribution in [2.45, 2.75) is 25.9 Å². The van der Waals surface area contributed by atoms with E-state index in [9.17, 15) is 0 Å². The van der Waals surface area contributed by atoms with Gasteiger partial charge >= 0.3 is 0 Å². The van der Waals surface area contributed by atoms with Crippen LogP contribution in [0.4, 0.5) is 0 Å². The van der Waals surface area contributed by atoms with Gasteiger partial charge in [-0.15, -0.1) is 0 Å². The van der Waals surface area contributed by atoms with Crippen molar-refractivity contribution in [1.29, 1.82) is 0 Å². The fraction of sp³-hybridized carbons (Fsp3) is 1.00. The summed E-state index contributed by atoms with van der Waals surface area (Å²) in [6.07, 6.45) is 0. The molecule has 0 amide bonds. The van der Waals surface area contributed by atoms with Gasteiger partial charge in [-0.2, -0.15) is 11.8 Å². The second kappa shape index (κ2) is 3.13. The van der Waals surface area contributed by atoms with Crippen LogP contribution in [0.15, 0.2) is 0 Å². The lowest BCUT2D eigenvalue weighted by molar-refractivity contribution is 0.319. The van der Waals surface area contributed by atoms with E-state index < -0.39 is 0 Å². The molecule has 1 saturated heterocycles. The van der Waals surface area contributed by atoms with Gasteiger partial charge in [0, 0.05) is 23.6 Å². The average Bonchev–Trinajstić information content (AvgIpc) is 1.83. The molecular formula is C6H12ClNS. The lowest BCUT2D eigenvalue weighted by atomic mass is 10.3. The number of halogens is 1. The van der Waals surface area contributed by atoms with E-state index in [-0.39, 0.29) is 0 Å². The highest BCUT2D eigenvalue weighted by Gasteiger charge is 2.22. The molecule has 0 N–H and O–H groups in total. The molecule has 1 nitrogen and oxygen atoms in total. The van der Waals surface area contributed by atoms with Crippen molar-refractivity contribution in [2.75, 3.05) is 11.5 Å². The van der Waals surface area contributed by atoms with Crippen LogP contribution in [0.5, 0.6) is 0 Å². The third-order valence-electron chi connectivity index (χ3n) is 1.56. The van der Waals surface area contributed by atoms with Crippen LogP contribution in [0.1, 0.15) is 13.8 Å². The Kier molecular flexibility index (Phi) is 2.68. The maximum absolute atomic E-state index is 5.94.